The summed E-state index contributed by atoms with van der Waals surface area (Å²) in [5.74, 6) is -0.297. The molecule has 0 aliphatic carbocycles. The second kappa shape index (κ2) is 28.3. The second-order valence-electron chi connectivity index (χ2n) is 19.6. The van der Waals surface area contributed by atoms with Gasteiger partial charge in [-0.25, -0.2) is 4.39 Å². The molecule has 4 aromatic heterocycles. The van der Waals surface area contributed by atoms with Crippen LogP contribution in [0.5, 0.6) is 5.75 Å². The zero-order chi connectivity index (χ0) is 57.6. The van der Waals surface area contributed by atoms with Crippen LogP contribution in [0.4, 0.5) is 4.39 Å². The van der Waals surface area contributed by atoms with Crippen molar-refractivity contribution in [3.63, 3.8) is 0 Å². The summed E-state index contributed by atoms with van der Waals surface area (Å²) in [6.45, 7) is 1.45. The summed E-state index contributed by atoms with van der Waals surface area (Å²) in [5.41, 5.74) is 2.54. The first-order valence-corrected chi connectivity index (χ1v) is 28.6. The molecule has 0 saturated carbocycles. The van der Waals surface area contributed by atoms with Gasteiger partial charge in [0, 0.05) is 45.0 Å². The molecule has 0 radical (unpaired) electrons. The monoisotopic (exact) mass is 1190 g/mol. The van der Waals surface area contributed by atoms with Crippen LogP contribution in [-0.2, 0) is 31.8 Å². The Morgan fingerprint density at radius 1 is 0.481 bits per heavy atom. The molecular formula is C53H69FO21S4. The molecule has 26 heteroatoms. The zero-order valence-corrected chi connectivity index (χ0v) is 46.2. The molecule has 0 bridgehead atoms. The normalized spacial score (nSPS) is 34.7. The van der Waals surface area contributed by atoms with E-state index in [1.54, 1.807) is 65.3 Å². The maximum absolute atomic E-state index is 14.7. The Bertz CT molecular complexity index is 2720. The predicted molar refractivity (Wildman–Crippen MR) is 289 cm³/mol. The highest BCUT2D eigenvalue weighted by Crippen LogP contribution is 2.40. The number of rotatable bonds is 11. The van der Waals surface area contributed by atoms with Crippen LogP contribution in [-0.4, -0.2) is 225 Å². The van der Waals surface area contributed by atoms with Gasteiger partial charge in [0.2, 0.25) is 0 Å². The van der Waals surface area contributed by atoms with E-state index in [0.29, 0.717) is 17.5 Å². The largest absolute Gasteiger partial charge is 0.496 e. The molecule has 16 N–H and O–H groups in total. The average molecular weight is 1190 g/mol. The van der Waals surface area contributed by atoms with E-state index in [0.717, 1.165) is 27.8 Å². The van der Waals surface area contributed by atoms with Gasteiger partial charge in [-0.3, -0.25) is 0 Å². The SMILES string of the molecule is COc1cc(F)c(Cc2cc3ccsc3s2)cc1[C@@H]1O[C@H](CO)[C@@H](O)[C@H](O)[C@H]1O.C[C@@H]1O[C@H](CO)[C@@H](O)[C@H](O)[C@H]1O.C[C@@H]1O[C@H](CO)[C@@H](O)[C@H](O)[C@H]1O.OC[C@H]1O[C@@H](c2cccc(Cc3cc4ccsc4s3)c2)[C@H](O)[C@@H](O)[C@@H]1O. The molecule has 21 nitrogen and oxygen atoms in total. The van der Waals surface area contributed by atoms with Gasteiger partial charge < -0.3 is 105 Å². The Hall–Kier alpha value is -3.31. The molecule has 4 aliphatic rings. The predicted octanol–water partition coefficient (Wildman–Crippen LogP) is -0.0179. The Balaban J connectivity index is 0.000000164. The van der Waals surface area contributed by atoms with Crippen molar-refractivity contribution in [2.24, 2.45) is 0 Å². The maximum Gasteiger partial charge on any atom is 0.130 e. The van der Waals surface area contributed by atoms with Gasteiger partial charge in [-0.15, -0.1) is 45.3 Å². The number of benzene rings is 2. The minimum atomic E-state index is -1.52. The van der Waals surface area contributed by atoms with Gasteiger partial charge in [-0.2, -0.15) is 0 Å². The smallest absolute Gasteiger partial charge is 0.130 e. The molecule has 6 aromatic rings. The van der Waals surface area contributed by atoms with Crippen LogP contribution in [0.15, 0.2) is 71.4 Å². The van der Waals surface area contributed by atoms with E-state index in [-0.39, 0.29) is 19.0 Å². The van der Waals surface area contributed by atoms with Gasteiger partial charge in [-0.05, 0) is 71.6 Å². The van der Waals surface area contributed by atoms with Crippen molar-refractivity contribution in [2.45, 2.75) is 149 Å². The van der Waals surface area contributed by atoms with Crippen LogP contribution >= 0.6 is 45.3 Å². The van der Waals surface area contributed by atoms with E-state index in [1.807, 2.05) is 41.8 Å². The summed E-state index contributed by atoms with van der Waals surface area (Å²) >= 11 is 6.75. The van der Waals surface area contributed by atoms with Crippen LogP contribution in [0, 0.1) is 5.82 Å². The molecule has 0 spiro atoms. The summed E-state index contributed by atoms with van der Waals surface area (Å²) in [6, 6.07) is 18.8. The lowest BCUT2D eigenvalue weighted by Gasteiger charge is -2.40. The fourth-order valence-electron chi connectivity index (χ4n) is 9.54. The number of methoxy groups -OCH3 is 1. The lowest BCUT2D eigenvalue weighted by molar-refractivity contribution is -0.232. The molecule has 20 atom stereocenters. The lowest BCUT2D eigenvalue weighted by Crippen LogP contribution is -2.57. The summed E-state index contributed by atoms with van der Waals surface area (Å²) < 4.78 is 43.8. The third-order valence-corrected chi connectivity index (χ3v) is 18.6. The van der Waals surface area contributed by atoms with Gasteiger partial charge in [0.1, 0.15) is 121 Å². The highest BCUT2D eigenvalue weighted by molar-refractivity contribution is 7.38. The van der Waals surface area contributed by atoms with E-state index < -0.39 is 141 Å². The van der Waals surface area contributed by atoms with Crippen molar-refractivity contribution in [3.05, 3.63) is 109 Å². The molecule has 438 valence electrons. The molecular weight excluding hydrogens is 1120 g/mol. The van der Waals surface area contributed by atoms with Crippen molar-refractivity contribution in [1.82, 2.24) is 0 Å². The summed E-state index contributed by atoms with van der Waals surface area (Å²) in [4.78, 5) is 2.26. The van der Waals surface area contributed by atoms with Gasteiger partial charge in [0.25, 0.3) is 0 Å². The van der Waals surface area contributed by atoms with Gasteiger partial charge in [0.05, 0.1) is 53.8 Å². The standard InChI is InChI=1S/C20H21FO6S2.C19H20O5S2.2C7H14O5/c1-26-14-7-13(21)10(5-11-4-9-2-3-28-20(9)29-11)6-12(14)19-18(25)17(24)16(23)15(8-22)27-19;20-9-14-15(21)16(22)17(23)18(24-14)11-3-1-2-10(6-11)7-13-8-12-4-5-25-19(12)26-13;2*1-3-5(9)7(11)6(10)4(2-8)12-3/h2-4,6-7,15-19,22-25H,5,8H2,1H3;1-6,8,14-18,20-23H,7,9H2;2*3-11H,2H2,1H3/t15-,16-,17+,18-,19+;14-,15-,16+,17-,18+;2*3-,4+,5-,6+,7+/m1100/s1. The first kappa shape index (κ1) is 63.3. The minimum absolute atomic E-state index is 0.155. The Morgan fingerprint density at radius 3 is 1.37 bits per heavy atom. The van der Waals surface area contributed by atoms with Crippen molar-refractivity contribution >= 4 is 64.1 Å². The Kier molecular flexibility index (Phi) is 22.7. The van der Waals surface area contributed by atoms with Gasteiger partial charge in [-0.1, -0.05) is 24.3 Å². The van der Waals surface area contributed by atoms with Crippen molar-refractivity contribution in [3.8, 4) is 5.75 Å². The van der Waals surface area contributed by atoms with E-state index in [4.69, 9.17) is 33.9 Å². The number of aliphatic hydroxyl groups excluding tert-OH is 16. The number of hydrogen-bond acceptors (Lipinski definition) is 25. The topological polar surface area (TPSA) is 370 Å². The molecule has 2 aromatic carbocycles. The average Bonchev–Trinajstić information content (AvgIpc) is 4.34. The Labute approximate surface area is 469 Å². The molecule has 4 aliphatic heterocycles. The molecule has 4 saturated heterocycles. The van der Waals surface area contributed by atoms with Crippen LogP contribution in [0.3, 0.4) is 0 Å². The molecule has 0 amide bonds. The zero-order valence-electron chi connectivity index (χ0n) is 42.9. The van der Waals surface area contributed by atoms with Crippen LogP contribution < -0.4 is 4.74 Å². The molecule has 0 unspecified atom stereocenters. The van der Waals surface area contributed by atoms with Crippen molar-refractivity contribution in [2.75, 3.05) is 33.5 Å². The second-order valence-corrected chi connectivity index (χ2v) is 24.2. The van der Waals surface area contributed by atoms with E-state index in [1.165, 1.54) is 31.5 Å². The highest BCUT2D eigenvalue weighted by atomic mass is 32.2. The van der Waals surface area contributed by atoms with Gasteiger partial charge >= 0.3 is 0 Å². The molecule has 10 rings (SSSR count). The quantitative estimate of drug-likeness (QED) is 0.0811. The molecule has 8 heterocycles. The van der Waals surface area contributed by atoms with Crippen LogP contribution in [0.1, 0.15) is 58.1 Å². The summed E-state index contributed by atoms with van der Waals surface area (Å²) in [5, 5.41) is 159. The van der Waals surface area contributed by atoms with Gasteiger partial charge in [0.15, 0.2) is 0 Å². The summed E-state index contributed by atoms with van der Waals surface area (Å²) in [7, 11) is 1.37. The molecule has 79 heavy (non-hydrogen) atoms. The molecule has 4 fully saturated rings. The number of halogens is 1. The highest BCUT2D eigenvalue weighted by Gasteiger charge is 2.47. The number of ether oxygens (including phenoxy) is 5. The first-order chi connectivity index (χ1) is 37.6. The number of aliphatic hydroxyl groups is 16. The van der Waals surface area contributed by atoms with Crippen LogP contribution in [0.25, 0.3) is 18.8 Å². The fraction of sp³-hybridized carbons (Fsp3) is 0.547. The number of fused-ring (bicyclic) bond motifs is 2. The number of thiophene rings is 4. The van der Waals surface area contributed by atoms with E-state index >= 15 is 0 Å². The van der Waals surface area contributed by atoms with Crippen molar-refractivity contribution < 1.29 is 110 Å². The van der Waals surface area contributed by atoms with Crippen molar-refractivity contribution in [1.29, 1.82) is 0 Å². The Morgan fingerprint density at radius 2 is 0.911 bits per heavy atom. The number of hydrogen-bond donors (Lipinski definition) is 16. The first-order valence-electron chi connectivity index (χ1n) is 25.2. The summed E-state index contributed by atoms with van der Waals surface area (Å²) in [6.07, 6.45) is -21.0. The van der Waals surface area contributed by atoms with E-state index in [9.17, 15) is 75.9 Å². The fourth-order valence-corrected chi connectivity index (χ4v) is 13.9. The minimum Gasteiger partial charge on any atom is -0.496 e. The third kappa shape index (κ3) is 14.6. The maximum atomic E-state index is 14.7. The van der Waals surface area contributed by atoms with Crippen LogP contribution in [0.2, 0.25) is 0 Å². The third-order valence-electron chi connectivity index (χ3n) is 14.2. The van der Waals surface area contributed by atoms with E-state index in [2.05, 4.69) is 17.5 Å². The lowest BCUT2D eigenvalue weighted by atomic mass is 9.89.